The highest BCUT2D eigenvalue weighted by molar-refractivity contribution is 7.59. The van der Waals surface area contributed by atoms with Crippen molar-refractivity contribution in [2.24, 2.45) is 0 Å². The Kier molecular flexibility index (Phi) is 6.15. The molecule has 0 aliphatic carbocycles. The molecule has 0 fully saturated rings. The van der Waals surface area contributed by atoms with Gasteiger partial charge in [0.15, 0.2) is 0 Å². The van der Waals surface area contributed by atoms with E-state index >= 15 is 0 Å². The Morgan fingerprint density at radius 1 is 1.32 bits per heavy atom. The molecule has 0 aromatic heterocycles. The van der Waals surface area contributed by atoms with Crippen molar-refractivity contribution < 1.29 is 23.0 Å². The fourth-order valence-corrected chi connectivity index (χ4v) is 3.32. The van der Waals surface area contributed by atoms with Gasteiger partial charge in [0.05, 0.1) is 11.8 Å². The van der Waals surface area contributed by atoms with Gasteiger partial charge in [0.25, 0.3) is 0 Å². The minimum atomic E-state index is -3.45. The first kappa shape index (κ1) is 18.7. The Bertz CT molecular complexity index is 554. The van der Waals surface area contributed by atoms with Gasteiger partial charge in [-0.3, -0.25) is 9.36 Å². The van der Waals surface area contributed by atoms with Gasteiger partial charge in [-0.05, 0) is 58.9 Å². The van der Waals surface area contributed by atoms with E-state index in [0.717, 1.165) is 0 Å². The molecule has 0 bridgehead atoms. The molecule has 7 heteroatoms. The van der Waals surface area contributed by atoms with Crippen LogP contribution in [-0.4, -0.2) is 23.8 Å². The standard InChI is InChI=1S/C15H23FNO4P/c1-6-20-14(18)11(2)17-22(19,15(3,4)5)21-13-9-7-12(16)8-10-13/h7-11H,6H2,1-5H3,(H,17,19)/t11-,22+/m0/s1. The van der Waals surface area contributed by atoms with E-state index in [1.54, 1.807) is 34.6 Å². The zero-order chi connectivity index (χ0) is 17.0. The van der Waals surface area contributed by atoms with E-state index in [0.29, 0.717) is 0 Å². The molecular weight excluding hydrogens is 308 g/mol. The van der Waals surface area contributed by atoms with Gasteiger partial charge in [-0.2, -0.15) is 0 Å². The summed E-state index contributed by atoms with van der Waals surface area (Å²) in [5.74, 6) is -0.649. The van der Waals surface area contributed by atoms with Crippen LogP contribution in [0.4, 0.5) is 4.39 Å². The smallest absolute Gasteiger partial charge is 0.323 e. The average Bonchev–Trinajstić information content (AvgIpc) is 2.40. The largest absolute Gasteiger partial charge is 0.465 e. The molecule has 22 heavy (non-hydrogen) atoms. The van der Waals surface area contributed by atoms with Crippen molar-refractivity contribution >= 4 is 13.5 Å². The number of carbonyl (C=O) groups excluding carboxylic acids is 1. The van der Waals surface area contributed by atoms with Gasteiger partial charge in [0, 0.05) is 0 Å². The summed E-state index contributed by atoms with van der Waals surface area (Å²) in [6.45, 7) is 8.71. The molecule has 1 N–H and O–H groups in total. The molecule has 1 aromatic rings. The first-order chi connectivity index (χ1) is 10.1. The molecule has 1 rings (SSSR count). The second-order valence-electron chi connectivity index (χ2n) is 5.87. The van der Waals surface area contributed by atoms with Gasteiger partial charge in [0.2, 0.25) is 0 Å². The van der Waals surface area contributed by atoms with E-state index in [2.05, 4.69) is 5.09 Å². The van der Waals surface area contributed by atoms with Gasteiger partial charge >= 0.3 is 13.5 Å². The first-order valence-corrected chi connectivity index (χ1v) is 8.71. The van der Waals surface area contributed by atoms with E-state index < -0.39 is 30.5 Å². The zero-order valence-corrected chi connectivity index (χ0v) is 14.4. The van der Waals surface area contributed by atoms with E-state index in [4.69, 9.17) is 9.26 Å². The van der Waals surface area contributed by atoms with Crippen LogP contribution in [0.2, 0.25) is 0 Å². The molecule has 0 saturated heterocycles. The highest BCUT2D eigenvalue weighted by Gasteiger charge is 2.42. The molecule has 124 valence electrons. The number of rotatable bonds is 6. The summed E-state index contributed by atoms with van der Waals surface area (Å²) in [7, 11) is -3.45. The third-order valence-electron chi connectivity index (χ3n) is 2.93. The van der Waals surface area contributed by atoms with Gasteiger partial charge in [-0.1, -0.05) is 0 Å². The Balaban J connectivity index is 2.98. The van der Waals surface area contributed by atoms with E-state index in [-0.39, 0.29) is 12.4 Å². The minimum Gasteiger partial charge on any atom is -0.465 e. The lowest BCUT2D eigenvalue weighted by molar-refractivity contribution is -0.144. The molecule has 2 atom stereocenters. The Morgan fingerprint density at radius 2 is 1.86 bits per heavy atom. The molecule has 0 aliphatic rings. The zero-order valence-electron chi connectivity index (χ0n) is 13.6. The first-order valence-electron chi connectivity index (χ1n) is 7.09. The highest BCUT2D eigenvalue weighted by Crippen LogP contribution is 2.55. The molecule has 5 nitrogen and oxygen atoms in total. The van der Waals surface area contributed by atoms with Crippen molar-refractivity contribution in [3.63, 3.8) is 0 Å². The molecule has 0 radical (unpaired) electrons. The van der Waals surface area contributed by atoms with E-state index in [9.17, 15) is 13.8 Å². The van der Waals surface area contributed by atoms with E-state index in [1.807, 2.05) is 0 Å². The number of halogens is 1. The lowest BCUT2D eigenvalue weighted by Crippen LogP contribution is -2.39. The maximum Gasteiger partial charge on any atom is 0.323 e. The maximum absolute atomic E-state index is 13.2. The second-order valence-corrected chi connectivity index (χ2v) is 8.76. The molecule has 0 spiro atoms. The Hall–Kier alpha value is -1.39. The predicted molar refractivity (Wildman–Crippen MR) is 83.6 cm³/mol. The van der Waals surface area contributed by atoms with Crippen LogP contribution in [0.25, 0.3) is 0 Å². The molecule has 0 unspecified atom stereocenters. The summed E-state index contributed by atoms with van der Waals surface area (Å²) >= 11 is 0. The van der Waals surface area contributed by atoms with Crippen molar-refractivity contribution in [2.45, 2.75) is 45.8 Å². The number of benzene rings is 1. The van der Waals surface area contributed by atoms with Crippen LogP contribution in [-0.2, 0) is 14.1 Å². The Labute approximate surface area is 130 Å². The Morgan fingerprint density at radius 3 is 2.32 bits per heavy atom. The number of hydrogen-bond acceptors (Lipinski definition) is 4. The summed E-state index contributed by atoms with van der Waals surface area (Å²) in [5, 5.41) is 1.98. The van der Waals surface area contributed by atoms with Gasteiger partial charge in [0.1, 0.15) is 17.6 Å². The monoisotopic (exact) mass is 331 g/mol. The third-order valence-corrected chi connectivity index (χ3v) is 5.90. The molecule has 0 aliphatic heterocycles. The van der Waals surface area contributed by atoms with Gasteiger partial charge < -0.3 is 9.26 Å². The van der Waals surface area contributed by atoms with Crippen LogP contribution in [0.3, 0.4) is 0 Å². The van der Waals surface area contributed by atoms with Crippen molar-refractivity contribution in [3.05, 3.63) is 30.1 Å². The molecule has 0 heterocycles. The summed E-state index contributed by atoms with van der Waals surface area (Å²) in [6, 6.07) is 4.44. The predicted octanol–water partition coefficient (Wildman–Crippen LogP) is 3.74. The molecular formula is C15H23FNO4P. The highest BCUT2D eigenvalue weighted by atomic mass is 31.2. The summed E-state index contributed by atoms with van der Waals surface area (Å²) < 4.78 is 36.6. The number of hydrogen-bond donors (Lipinski definition) is 1. The van der Waals surface area contributed by atoms with Crippen LogP contribution in [0.5, 0.6) is 5.75 Å². The van der Waals surface area contributed by atoms with Crippen molar-refractivity contribution in [3.8, 4) is 5.75 Å². The lowest BCUT2D eigenvalue weighted by atomic mass is 10.3. The van der Waals surface area contributed by atoms with Crippen LogP contribution in [0.1, 0.15) is 34.6 Å². The lowest BCUT2D eigenvalue weighted by Gasteiger charge is -2.32. The molecule has 1 aromatic carbocycles. The minimum absolute atomic E-state index is 0.240. The number of ether oxygens (including phenoxy) is 1. The van der Waals surface area contributed by atoms with Crippen LogP contribution < -0.4 is 9.61 Å². The summed E-state index contributed by atoms with van der Waals surface area (Å²) in [5.41, 5.74) is 0. The van der Waals surface area contributed by atoms with Crippen molar-refractivity contribution in [1.82, 2.24) is 5.09 Å². The van der Waals surface area contributed by atoms with Crippen LogP contribution >= 0.6 is 7.52 Å². The average molecular weight is 331 g/mol. The van der Waals surface area contributed by atoms with Crippen LogP contribution in [0.15, 0.2) is 24.3 Å². The van der Waals surface area contributed by atoms with Crippen LogP contribution in [0, 0.1) is 5.82 Å². The molecule has 0 saturated carbocycles. The summed E-state index contributed by atoms with van der Waals surface area (Å²) in [6.07, 6.45) is 0. The van der Waals surface area contributed by atoms with Crippen molar-refractivity contribution in [2.75, 3.05) is 6.61 Å². The number of carbonyl (C=O) groups is 1. The van der Waals surface area contributed by atoms with Gasteiger partial charge in [-0.15, -0.1) is 0 Å². The number of esters is 1. The van der Waals surface area contributed by atoms with Gasteiger partial charge in [-0.25, -0.2) is 9.48 Å². The van der Waals surface area contributed by atoms with Crippen molar-refractivity contribution in [1.29, 1.82) is 0 Å². The topological polar surface area (TPSA) is 64.6 Å². The second kappa shape index (κ2) is 7.25. The third kappa shape index (κ3) is 4.82. The number of nitrogens with one attached hydrogen (secondary N) is 1. The fourth-order valence-electron chi connectivity index (χ4n) is 1.58. The summed E-state index contributed by atoms with van der Waals surface area (Å²) in [4.78, 5) is 11.7. The fraction of sp³-hybridized carbons (Fsp3) is 0.533. The van der Waals surface area contributed by atoms with E-state index in [1.165, 1.54) is 24.3 Å². The SMILES string of the molecule is CCOC(=O)[C@H](C)N[P@](=O)(Oc1ccc(F)cc1)C(C)(C)C. The normalized spacial score (nSPS) is 15.7. The quantitative estimate of drug-likeness (QED) is 0.635. The molecule has 0 amide bonds. The maximum atomic E-state index is 13.2.